The third-order valence-corrected chi connectivity index (χ3v) is 5.04. The summed E-state index contributed by atoms with van der Waals surface area (Å²) in [6.45, 7) is 4.23. The van der Waals surface area contributed by atoms with E-state index in [9.17, 15) is 0 Å². The molecule has 2 aliphatic heterocycles. The predicted octanol–water partition coefficient (Wildman–Crippen LogP) is 1.85. The van der Waals surface area contributed by atoms with Gasteiger partial charge in [0.1, 0.15) is 34.7 Å². The molecule has 5 heterocycles. The van der Waals surface area contributed by atoms with Gasteiger partial charge in [-0.05, 0) is 6.07 Å². The van der Waals surface area contributed by atoms with E-state index in [1.165, 1.54) is 44.3 Å². The average molecular weight is 259 g/mol. The molecule has 1 aromatic carbocycles. The molecule has 3 aromatic heterocycles. The number of imidazole rings is 1. The Balaban J connectivity index is 2.14. The lowest BCUT2D eigenvalue weighted by molar-refractivity contribution is -0.658. The van der Waals surface area contributed by atoms with Gasteiger partial charge in [-0.2, -0.15) is 8.97 Å². The first-order valence-corrected chi connectivity index (χ1v) is 7.13. The number of benzene rings is 1. The highest BCUT2D eigenvalue weighted by Crippen LogP contribution is 2.36. The molecular weight excluding hydrogens is 246 g/mol. The van der Waals surface area contributed by atoms with Crippen LogP contribution >= 0.6 is 0 Å². The fraction of sp³-hybridized carbons (Fsp3) is 0.176. The lowest BCUT2D eigenvalue weighted by Gasteiger charge is -1.97. The van der Waals surface area contributed by atoms with Crippen molar-refractivity contribution < 1.29 is 8.97 Å². The van der Waals surface area contributed by atoms with Gasteiger partial charge in [0.2, 0.25) is 5.52 Å². The highest BCUT2D eigenvalue weighted by molar-refractivity contribution is 6.09. The normalized spacial score (nSPS) is 14.8. The van der Waals surface area contributed by atoms with Gasteiger partial charge in [0.25, 0.3) is 0 Å². The third-order valence-electron chi connectivity index (χ3n) is 5.04. The summed E-state index contributed by atoms with van der Waals surface area (Å²) in [6, 6.07) is 9.01. The fourth-order valence-electron chi connectivity index (χ4n) is 4.21. The quantitative estimate of drug-likeness (QED) is 0.292. The summed E-state index contributed by atoms with van der Waals surface area (Å²) < 4.78 is 7.25. The largest absolute Gasteiger partial charge is 0.301 e. The SMILES string of the molecule is Cc1c[n+]2c3cccc4c3c3c5c(cc[n+]3C4)Cn1c52. The van der Waals surface area contributed by atoms with Crippen LogP contribution in [0.15, 0.2) is 36.7 Å². The van der Waals surface area contributed by atoms with Crippen molar-refractivity contribution in [1.82, 2.24) is 4.57 Å². The van der Waals surface area contributed by atoms with Crippen molar-refractivity contribution in [2.45, 2.75) is 20.0 Å². The molecule has 2 aliphatic rings. The number of aryl methyl sites for hydroxylation is 1. The minimum Gasteiger partial charge on any atom is -0.223 e. The maximum Gasteiger partial charge on any atom is 0.301 e. The van der Waals surface area contributed by atoms with Crippen molar-refractivity contribution in [2.24, 2.45) is 0 Å². The number of hydrogen-bond acceptors (Lipinski definition) is 0. The Bertz CT molecular complexity index is 1100. The van der Waals surface area contributed by atoms with Crippen LogP contribution in [-0.4, -0.2) is 4.57 Å². The maximum atomic E-state index is 2.44. The van der Waals surface area contributed by atoms with Crippen LogP contribution in [0.25, 0.3) is 27.5 Å². The molecule has 0 radical (unpaired) electrons. The molecule has 0 amide bonds. The van der Waals surface area contributed by atoms with Crippen molar-refractivity contribution in [2.75, 3.05) is 0 Å². The van der Waals surface area contributed by atoms with E-state index in [4.69, 9.17) is 0 Å². The summed E-state index contributed by atoms with van der Waals surface area (Å²) in [5, 5.41) is 2.90. The van der Waals surface area contributed by atoms with E-state index in [1.807, 2.05) is 0 Å². The molecule has 0 unspecified atom stereocenters. The van der Waals surface area contributed by atoms with Crippen molar-refractivity contribution in [3.63, 3.8) is 0 Å². The highest BCUT2D eigenvalue weighted by atomic mass is 15.1. The van der Waals surface area contributed by atoms with E-state index in [2.05, 4.69) is 57.1 Å². The Kier molecular flexibility index (Phi) is 1.28. The van der Waals surface area contributed by atoms with Crippen LogP contribution in [0.5, 0.6) is 0 Å². The van der Waals surface area contributed by atoms with Crippen LogP contribution in [0.3, 0.4) is 0 Å². The van der Waals surface area contributed by atoms with Crippen molar-refractivity contribution >= 4 is 27.5 Å². The summed E-state index contributed by atoms with van der Waals surface area (Å²) >= 11 is 0. The van der Waals surface area contributed by atoms with Gasteiger partial charge in [0, 0.05) is 24.1 Å². The van der Waals surface area contributed by atoms with Crippen molar-refractivity contribution in [3.05, 3.63) is 53.5 Å². The average Bonchev–Trinajstić information content (AvgIpc) is 3.09. The van der Waals surface area contributed by atoms with E-state index < -0.39 is 0 Å². The summed E-state index contributed by atoms with van der Waals surface area (Å²) in [6.07, 6.45) is 4.54. The molecule has 0 saturated carbocycles. The van der Waals surface area contributed by atoms with Gasteiger partial charge in [-0.3, -0.25) is 0 Å². The second kappa shape index (κ2) is 2.70. The summed E-state index contributed by atoms with van der Waals surface area (Å²) in [5.74, 6) is 0. The number of fused-ring (bicyclic) bond motifs is 1. The van der Waals surface area contributed by atoms with Gasteiger partial charge in [-0.25, -0.2) is 4.57 Å². The summed E-state index contributed by atoms with van der Waals surface area (Å²) in [5.41, 5.74) is 8.40. The van der Waals surface area contributed by atoms with E-state index in [-0.39, 0.29) is 0 Å². The van der Waals surface area contributed by atoms with Gasteiger partial charge < -0.3 is 0 Å². The molecule has 94 valence electrons. The molecular formula is C17H13N3+2. The first-order valence-electron chi connectivity index (χ1n) is 7.13. The van der Waals surface area contributed by atoms with Crippen LogP contribution in [0.1, 0.15) is 16.8 Å². The highest BCUT2D eigenvalue weighted by Gasteiger charge is 2.37. The number of pyridine rings is 2. The molecule has 0 spiro atoms. The van der Waals surface area contributed by atoms with Gasteiger partial charge in [0.05, 0.1) is 0 Å². The van der Waals surface area contributed by atoms with Crippen LogP contribution < -0.4 is 8.97 Å². The van der Waals surface area contributed by atoms with E-state index >= 15 is 0 Å². The van der Waals surface area contributed by atoms with Crippen LogP contribution in [0.4, 0.5) is 0 Å². The monoisotopic (exact) mass is 259 g/mol. The van der Waals surface area contributed by atoms with Crippen molar-refractivity contribution in [1.29, 1.82) is 0 Å². The Morgan fingerprint density at radius 1 is 1.10 bits per heavy atom. The topological polar surface area (TPSA) is 12.9 Å². The van der Waals surface area contributed by atoms with Gasteiger partial charge in [-0.1, -0.05) is 12.1 Å². The Labute approximate surface area is 115 Å². The fourth-order valence-corrected chi connectivity index (χ4v) is 4.21. The summed E-state index contributed by atoms with van der Waals surface area (Å²) in [4.78, 5) is 0. The zero-order chi connectivity index (χ0) is 13.0. The van der Waals surface area contributed by atoms with Crippen LogP contribution in [0.2, 0.25) is 0 Å². The van der Waals surface area contributed by atoms with Crippen LogP contribution in [0, 0.1) is 6.92 Å². The number of hydrogen-bond donors (Lipinski definition) is 0. The van der Waals surface area contributed by atoms with E-state index in [0.29, 0.717) is 0 Å². The zero-order valence-corrected chi connectivity index (χ0v) is 11.2. The number of aromatic nitrogens is 3. The molecule has 6 rings (SSSR count). The van der Waals surface area contributed by atoms with Gasteiger partial charge >= 0.3 is 5.65 Å². The Morgan fingerprint density at radius 2 is 2.05 bits per heavy atom. The van der Waals surface area contributed by atoms with E-state index in [1.54, 1.807) is 0 Å². The first-order chi connectivity index (χ1) is 9.83. The number of rotatable bonds is 0. The second-order valence-corrected chi connectivity index (χ2v) is 6.05. The molecule has 3 nitrogen and oxygen atoms in total. The lowest BCUT2D eigenvalue weighted by Crippen LogP contribution is -2.31. The van der Waals surface area contributed by atoms with Crippen LogP contribution in [-0.2, 0) is 13.1 Å². The standard InChI is InChI=1S/C17H13N3/c1-10-7-20-13-4-2-3-11-8-18-6-5-12-9-19(10)17(20)15(12)16(18)14(11)13/h2-7H,8-9H2,1H3/q+2. The van der Waals surface area contributed by atoms with Gasteiger partial charge in [0.15, 0.2) is 12.7 Å². The smallest absolute Gasteiger partial charge is 0.223 e. The molecule has 20 heavy (non-hydrogen) atoms. The minimum absolute atomic E-state index is 1.01. The van der Waals surface area contributed by atoms with Gasteiger partial charge in [-0.15, -0.1) is 0 Å². The number of nitrogens with zero attached hydrogens (tertiary/aromatic N) is 3. The first kappa shape index (κ1) is 9.48. The summed E-state index contributed by atoms with van der Waals surface area (Å²) in [7, 11) is 0. The molecule has 0 aliphatic carbocycles. The molecule has 0 fully saturated rings. The lowest BCUT2D eigenvalue weighted by atomic mass is 10.1. The zero-order valence-electron chi connectivity index (χ0n) is 11.2. The molecule has 0 atom stereocenters. The molecule has 0 bridgehead atoms. The third kappa shape index (κ3) is 0.794. The molecule has 0 N–H and O–H groups in total. The Morgan fingerprint density at radius 3 is 3.00 bits per heavy atom. The second-order valence-electron chi connectivity index (χ2n) is 6.05. The van der Waals surface area contributed by atoms with Crippen molar-refractivity contribution in [3.8, 4) is 0 Å². The predicted molar refractivity (Wildman–Crippen MR) is 75.7 cm³/mol. The van der Waals surface area contributed by atoms with E-state index in [0.717, 1.165) is 13.1 Å². The Hall–Kier alpha value is -2.42. The molecule has 0 saturated heterocycles. The minimum atomic E-state index is 1.01. The maximum absolute atomic E-state index is 2.44. The molecule has 4 aromatic rings. The molecule has 3 heteroatoms.